The number of hydrogen-bond donors (Lipinski definition) is 1. The fourth-order valence-corrected chi connectivity index (χ4v) is 3.43. The van der Waals surface area contributed by atoms with Crippen molar-refractivity contribution in [2.45, 2.75) is 0 Å². The molecule has 0 spiro atoms. The Labute approximate surface area is 155 Å². The van der Waals surface area contributed by atoms with Crippen LogP contribution in [0.2, 0.25) is 10.0 Å². The molecule has 1 aliphatic heterocycles. The number of halogens is 3. The number of nitrogens with one attached hydrogen (secondary N) is 1. The number of rotatable bonds is 2. The fraction of sp³-hybridized carbons (Fsp3) is 0. The highest BCUT2D eigenvalue weighted by Gasteiger charge is 2.24. The van der Waals surface area contributed by atoms with Crippen molar-refractivity contribution in [2.24, 2.45) is 4.99 Å². The van der Waals surface area contributed by atoms with Crippen LogP contribution < -0.4 is 5.32 Å². The third kappa shape index (κ3) is 4.18. The Hall–Kier alpha value is -1.27. The highest BCUT2D eigenvalue weighted by Crippen LogP contribution is 2.31. The first-order chi connectivity index (χ1) is 11.0. The molecule has 0 aliphatic carbocycles. The van der Waals surface area contributed by atoms with Gasteiger partial charge in [0.1, 0.15) is 0 Å². The van der Waals surface area contributed by atoms with Gasteiger partial charge in [0.15, 0.2) is 5.17 Å². The van der Waals surface area contributed by atoms with Gasteiger partial charge in [0, 0.05) is 14.5 Å². The lowest BCUT2D eigenvalue weighted by Gasteiger charge is -1.99. The maximum atomic E-state index is 12.1. The van der Waals surface area contributed by atoms with Gasteiger partial charge in [-0.1, -0.05) is 45.2 Å². The van der Waals surface area contributed by atoms with Crippen LogP contribution in [0.15, 0.2) is 56.8 Å². The summed E-state index contributed by atoms with van der Waals surface area (Å²) in [5.41, 5.74) is 1.50. The van der Waals surface area contributed by atoms with E-state index in [1.165, 1.54) is 11.8 Å². The summed E-state index contributed by atoms with van der Waals surface area (Å²) in [5, 5.41) is 4.33. The smallest absolute Gasteiger partial charge is 0.264 e. The van der Waals surface area contributed by atoms with E-state index in [1.807, 2.05) is 24.3 Å². The third-order valence-electron chi connectivity index (χ3n) is 2.96. The Kier molecular flexibility index (Phi) is 5.11. The molecule has 2 aromatic rings. The van der Waals surface area contributed by atoms with Gasteiger partial charge in [0.05, 0.1) is 10.6 Å². The van der Waals surface area contributed by atoms with Gasteiger partial charge in [-0.15, -0.1) is 0 Å². The second-order valence-electron chi connectivity index (χ2n) is 4.62. The monoisotopic (exact) mass is 426 g/mol. The van der Waals surface area contributed by atoms with E-state index in [9.17, 15) is 4.79 Å². The number of amidine groups is 1. The molecular weight excluding hydrogens is 419 g/mol. The normalized spacial score (nSPS) is 17.8. The van der Waals surface area contributed by atoms with Gasteiger partial charge in [-0.3, -0.25) is 4.79 Å². The predicted octanol–water partition coefficient (Wildman–Crippen LogP) is 5.65. The maximum Gasteiger partial charge on any atom is 0.264 e. The third-order valence-corrected chi connectivity index (χ3v) is 4.96. The molecule has 3 nitrogen and oxygen atoms in total. The Bertz CT molecular complexity index is 834. The molecule has 1 amide bonds. The van der Waals surface area contributed by atoms with Gasteiger partial charge >= 0.3 is 0 Å². The lowest BCUT2D eigenvalue weighted by Crippen LogP contribution is -2.19. The molecule has 2 aromatic carbocycles. The number of nitrogens with zero attached hydrogens (tertiary/aromatic N) is 1. The van der Waals surface area contributed by atoms with Gasteiger partial charge in [0.2, 0.25) is 0 Å². The molecule has 1 heterocycles. The average Bonchev–Trinajstić information content (AvgIpc) is 2.84. The molecule has 0 unspecified atom stereocenters. The molecular formula is C16H9BrCl2N2OS. The molecule has 1 fully saturated rings. The van der Waals surface area contributed by atoms with Crippen LogP contribution in [-0.2, 0) is 4.79 Å². The van der Waals surface area contributed by atoms with Crippen LogP contribution >= 0.6 is 50.9 Å². The Morgan fingerprint density at radius 3 is 2.57 bits per heavy atom. The highest BCUT2D eigenvalue weighted by molar-refractivity contribution is 9.10. The summed E-state index contributed by atoms with van der Waals surface area (Å²) < 4.78 is 0.975. The van der Waals surface area contributed by atoms with Crippen molar-refractivity contribution < 1.29 is 4.79 Å². The lowest BCUT2D eigenvalue weighted by atomic mass is 10.2. The summed E-state index contributed by atoms with van der Waals surface area (Å²) in [4.78, 5) is 17.0. The van der Waals surface area contributed by atoms with Crippen molar-refractivity contribution in [1.82, 2.24) is 5.32 Å². The summed E-state index contributed by atoms with van der Waals surface area (Å²) in [6.45, 7) is 0. The minimum Gasteiger partial charge on any atom is -0.300 e. The van der Waals surface area contributed by atoms with Gasteiger partial charge in [0.25, 0.3) is 5.91 Å². The van der Waals surface area contributed by atoms with Crippen LogP contribution in [0.1, 0.15) is 5.56 Å². The van der Waals surface area contributed by atoms with Crippen LogP contribution in [0.4, 0.5) is 5.69 Å². The lowest BCUT2D eigenvalue weighted by molar-refractivity contribution is -0.115. The number of hydrogen-bond acceptors (Lipinski definition) is 3. The van der Waals surface area contributed by atoms with Crippen molar-refractivity contribution in [3.8, 4) is 0 Å². The molecule has 1 aliphatic rings. The Morgan fingerprint density at radius 2 is 1.87 bits per heavy atom. The summed E-state index contributed by atoms with van der Waals surface area (Å²) in [7, 11) is 0. The molecule has 0 aromatic heterocycles. The van der Waals surface area contributed by atoms with Crippen LogP contribution in [0.5, 0.6) is 0 Å². The van der Waals surface area contributed by atoms with E-state index < -0.39 is 0 Å². The standard InChI is InChI=1S/C16H9BrCl2N2OS/c17-10-2-5-12(6-3-10)20-16-21-15(22)14(23-16)7-9-1-4-11(18)8-13(9)19/h1-8H,(H,20,21,22)/b14-7+. The Morgan fingerprint density at radius 1 is 1.13 bits per heavy atom. The van der Waals surface area contributed by atoms with E-state index in [0.717, 1.165) is 15.7 Å². The van der Waals surface area contributed by atoms with Crippen LogP contribution in [-0.4, -0.2) is 11.1 Å². The SMILES string of the molecule is O=C1NC(=Nc2ccc(Br)cc2)S/C1=C/c1ccc(Cl)cc1Cl. The molecule has 23 heavy (non-hydrogen) atoms. The average molecular weight is 428 g/mol. The molecule has 1 saturated heterocycles. The number of amides is 1. The zero-order chi connectivity index (χ0) is 16.4. The predicted molar refractivity (Wildman–Crippen MR) is 101 cm³/mol. The van der Waals surface area contributed by atoms with E-state index in [0.29, 0.717) is 20.1 Å². The molecule has 0 atom stereocenters. The molecule has 7 heteroatoms. The first-order valence-electron chi connectivity index (χ1n) is 6.51. The summed E-state index contributed by atoms with van der Waals surface area (Å²) in [5.74, 6) is -0.197. The van der Waals surface area contributed by atoms with Gasteiger partial charge in [-0.05, 0) is 59.8 Å². The number of carbonyl (C=O) groups excluding carboxylic acids is 1. The molecule has 116 valence electrons. The zero-order valence-electron chi connectivity index (χ0n) is 11.5. The number of benzene rings is 2. The zero-order valence-corrected chi connectivity index (χ0v) is 15.4. The van der Waals surface area contributed by atoms with E-state index in [4.69, 9.17) is 23.2 Å². The topological polar surface area (TPSA) is 41.5 Å². The molecule has 3 rings (SSSR count). The van der Waals surface area contributed by atoms with Crippen molar-refractivity contribution in [3.05, 3.63) is 67.5 Å². The first-order valence-corrected chi connectivity index (χ1v) is 8.88. The van der Waals surface area contributed by atoms with Gasteiger partial charge in [-0.2, -0.15) is 0 Å². The second kappa shape index (κ2) is 7.09. The Balaban J connectivity index is 1.84. The van der Waals surface area contributed by atoms with Gasteiger partial charge < -0.3 is 5.32 Å². The summed E-state index contributed by atoms with van der Waals surface area (Å²) in [6, 6.07) is 12.7. The highest BCUT2D eigenvalue weighted by atomic mass is 79.9. The van der Waals surface area contributed by atoms with E-state index >= 15 is 0 Å². The van der Waals surface area contributed by atoms with E-state index in [2.05, 4.69) is 26.2 Å². The first kappa shape index (κ1) is 16.6. The maximum absolute atomic E-state index is 12.1. The second-order valence-corrected chi connectivity index (χ2v) is 7.41. The van der Waals surface area contributed by atoms with Crippen LogP contribution in [0.25, 0.3) is 6.08 Å². The quantitative estimate of drug-likeness (QED) is 0.629. The van der Waals surface area contributed by atoms with E-state index in [1.54, 1.807) is 24.3 Å². The minimum absolute atomic E-state index is 0.197. The molecule has 0 saturated carbocycles. The number of carbonyl (C=O) groups is 1. The molecule has 0 bridgehead atoms. The number of aliphatic imine (C=N–C) groups is 1. The molecule has 1 N–H and O–H groups in total. The van der Waals surface area contributed by atoms with Crippen molar-refractivity contribution >= 4 is 73.7 Å². The fourth-order valence-electron chi connectivity index (χ4n) is 1.87. The minimum atomic E-state index is -0.197. The van der Waals surface area contributed by atoms with Crippen LogP contribution in [0, 0.1) is 0 Å². The largest absolute Gasteiger partial charge is 0.300 e. The summed E-state index contributed by atoms with van der Waals surface area (Å²) in [6.07, 6.45) is 1.72. The van der Waals surface area contributed by atoms with E-state index in [-0.39, 0.29) is 5.91 Å². The van der Waals surface area contributed by atoms with Crippen molar-refractivity contribution in [2.75, 3.05) is 0 Å². The summed E-state index contributed by atoms with van der Waals surface area (Å²) >= 11 is 16.7. The van der Waals surface area contributed by atoms with Crippen molar-refractivity contribution in [3.63, 3.8) is 0 Å². The number of thioether (sulfide) groups is 1. The van der Waals surface area contributed by atoms with Gasteiger partial charge in [-0.25, -0.2) is 4.99 Å². The van der Waals surface area contributed by atoms with Crippen LogP contribution in [0.3, 0.4) is 0 Å². The molecule has 0 radical (unpaired) electrons. The van der Waals surface area contributed by atoms with Crippen molar-refractivity contribution in [1.29, 1.82) is 0 Å².